The van der Waals surface area contributed by atoms with Crippen molar-refractivity contribution in [2.24, 2.45) is 0 Å². The summed E-state index contributed by atoms with van der Waals surface area (Å²) in [4.78, 5) is 0. The Kier molecular flexibility index (Phi) is 5.24. The molecule has 0 fully saturated rings. The molecular weight excluding hydrogens is 312 g/mol. The molecule has 0 unspecified atom stereocenters. The van der Waals surface area contributed by atoms with E-state index < -0.39 is 0 Å². The van der Waals surface area contributed by atoms with Crippen molar-refractivity contribution in [1.82, 2.24) is 0 Å². The molecular formula is C18H21BrO. The van der Waals surface area contributed by atoms with Crippen LogP contribution in [-0.4, -0.2) is 7.11 Å². The SMILES string of the molecule is CCc1cc(Br)ccc1CCc1cccc(OC)c1C. The van der Waals surface area contributed by atoms with E-state index in [-0.39, 0.29) is 0 Å². The Morgan fingerprint density at radius 3 is 2.45 bits per heavy atom. The van der Waals surface area contributed by atoms with Crippen molar-refractivity contribution >= 4 is 15.9 Å². The lowest BCUT2D eigenvalue weighted by molar-refractivity contribution is 0.411. The number of hydrogen-bond donors (Lipinski definition) is 0. The molecule has 0 aliphatic carbocycles. The summed E-state index contributed by atoms with van der Waals surface area (Å²) in [6.07, 6.45) is 3.20. The lowest BCUT2D eigenvalue weighted by Crippen LogP contribution is -1.99. The summed E-state index contributed by atoms with van der Waals surface area (Å²) in [7, 11) is 1.73. The van der Waals surface area contributed by atoms with Crippen LogP contribution in [0, 0.1) is 6.92 Å². The van der Waals surface area contributed by atoms with Gasteiger partial charge in [-0.15, -0.1) is 0 Å². The van der Waals surface area contributed by atoms with Gasteiger partial charge in [0.15, 0.2) is 0 Å². The molecule has 0 saturated heterocycles. The monoisotopic (exact) mass is 332 g/mol. The van der Waals surface area contributed by atoms with Crippen molar-refractivity contribution in [3.63, 3.8) is 0 Å². The van der Waals surface area contributed by atoms with Gasteiger partial charge in [0.1, 0.15) is 5.75 Å². The molecule has 0 aliphatic rings. The van der Waals surface area contributed by atoms with Crippen molar-refractivity contribution in [1.29, 1.82) is 0 Å². The Labute approximate surface area is 130 Å². The van der Waals surface area contributed by atoms with Crippen molar-refractivity contribution in [2.75, 3.05) is 7.11 Å². The molecule has 0 atom stereocenters. The number of methoxy groups -OCH3 is 1. The molecule has 20 heavy (non-hydrogen) atoms. The summed E-state index contributed by atoms with van der Waals surface area (Å²) in [6, 6.07) is 12.9. The molecule has 106 valence electrons. The van der Waals surface area contributed by atoms with Gasteiger partial charge in [0.2, 0.25) is 0 Å². The predicted octanol–water partition coefficient (Wildman–Crippen LogP) is 5.11. The fourth-order valence-electron chi connectivity index (χ4n) is 2.59. The summed E-state index contributed by atoms with van der Waals surface area (Å²) in [6.45, 7) is 4.35. The first-order chi connectivity index (χ1) is 9.65. The van der Waals surface area contributed by atoms with Gasteiger partial charge in [-0.1, -0.05) is 41.1 Å². The first-order valence-electron chi connectivity index (χ1n) is 7.05. The summed E-state index contributed by atoms with van der Waals surface area (Å²) < 4.78 is 6.55. The van der Waals surface area contributed by atoms with E-state index in [9.17, 15) is 0 Å². The minimum atomic E-state index is 0.981. The number of rotatable bonds is 5. The van der Waals surface area contributed by atoms with Gasteiger partial charge in [-0.05, 0) is 66.6 Å². The molecule has 0 aromatic heterocycles. The maximum Gasteiger partial charge on any atom is 0.122 e. The number of ether oxygens (including phenoxy) is 1. The van der Waals surface area contributed by atoms with Crippen LogP contribution >= 0.6 is 15.9 Å². The molecule has 2 aromatic rings. The second kappa shape index (κ2) is 6.94. The Morgan fingerprint density at radius 2 is 1.75 bits per heavy atom. The number of hydrogen-bond acceptors (Lipinski definition) is 1. The first kappa shape index (κ1) is 15.1. The van der Waals surface area contributed by atoms with Crippen molar-refractivity contribution in [2.45, 2.75) is 33.1 Å². The molecule has 2 rings (SSSR count). The minimum Gasteiger partial charge on any atom is -0.496 e. The van der Waals surface area contributed by atoms with E-state index in [0.29, 0.717) is 0 Å². The van der Waals surface area contributed by atoms with E-state index in [1.165, 1.54) is 22.3 Å². The second-order valence-electron chi connectivity index (χ2n) is 5.01. The molecule has 0 heterocycles. The van der Waals surface area contributed by atoms with Crippen LogP contribution in [0.2, 0.25) is 0 Å². The van der Waals surface area contributed by atoms with Gasteiger partial charge in [0, 0.05) is 4.47 Å². The number of benzene rings is 2. The third kappa shape index (κ3) is 3.43. The summed E-state index contributed by atoms with van der Waals surface area (Å²) in [5.74, 6) is 0.981. The molecule has 0 N–H and O–H groups in total. The molecule has 0 bridgehead atoms. The average Bonchev–Trinajstić information content (AvgIpc) is 2.47. The third-order valence-corrected chi connectivity index (χ3v) is 4.32. The van der Waals surface area contributed by atoms with Crippen LogP contribution in [0.15, 0.2) is 40.9 Å². The highest BCUT2D eigenvalue weighted by atomic mass is 79.9. The largest absolute Gasteiger partial charge is 0.496 e. The molecule has 1 nitrogen and oxygen atoms in total. The van der Waals surface area contributed by atoms with Crippen LogP contribution in [-0.2, 0) is 19.3 Å². The quantitative estimate of drug-likeness (QED) is 0.738. The first-order valence-corrected chi connectivity index (χ1v) is 7.84. The zero-order valence-corrected chi connectivity index (χ0v) is 14.0. The zero-order chi connectivity index (χ0) is 14.5. The molecule has 0 aliphatic heterocycles. The van der Waals surface area contributed by atoms with Gasteiger partial charge in [-0.2, -0.15) is 0 Å². The van der Waals surface area contributed by atoms with Gasteiger partial charge < -0.3 is 4.74 Å². The normalized spacial score (nSPS) is 10.6. The fraction of sp³-hybridized carbons (Fsp3) is 0.333. The Morgan fingerprint density at radius 1 is 1.00 bits per heavy atom. The summed E-state index contributed by atoms with van der Waals surface area (Å²) in [5, 5.41) is 0. The number of halogens is 1. The molecule has 0 radical (unpaired) electrons. The van der Waals surface area contributed by atoms with Crippen LogP contribution in [0.3, 0.4) is 0 Å². The maximum absolute atomic E-state index is 5.39. The van der Waals surface area contributed by atoms with E-state index in [2.05, 4.69) is 60.1 Å². The van der Waals surface area contributed by atoms with E-state index in [1.54, 1.807) is 7.11 Å². The fourth-order valence-corrected chi connectivity index (χ4v) is 3.00. The minimum absolute atomic E-state index is 0.981. The molecule has 0 amide bonds. The van der Waals surface area contributed by atoms with Crippen LogP contribution in [0.5, 0.6) is 5.75 Å². The predicted molar refractivity (Wildman–Crippen MR) is 88.7 cm³/mol. The number of aryl methyl sites for hydroxylation is 3. The molecule has 2 aromatic carbocycles. The average molecular weight is 333 g/mol. The van der Waals surface area contributed by atoms with Gasteiger partial charge in [0.25, 0.3) is 0 Å². The van der Waals surface area contributed by atoms with Crippen LogP contribution in [0.1, 0.15) is 29.2 Å². The van der Waals surface area contributed by atoms with Crippen LogP contribution < -0.4 is 4.74 Å². The lowest BCUT2D eigenvalue weighted by atomic mass is 9.96. The smallest absolute Gasteiger partial charge is 0.122 e. The van der Waals surface area contributed by atoms with Gasteiger partial charge in [-0.3, -0.25) is 0 Å². The van der Waals surface area contributed by atoms with E-state index >= 15 is 0 Å². The highest BCUT2D eigenvalue weighted by Gasteiger charge is 2.06. The van der Waals surface area contributed by atoms with Gasteiger partial charge in [0.05, 0.1) is 7.11 Å². The standard InChI is InChI=1S/C18H21BrO/c1-4-14-12-17(19)11-10-16(14)9-8-15-6-5-7-18(20-3)13(15)2/h5-7,10-12H,4,8-9H2,1-3H3. The third-order valence-electron chi connectivity index (χ3n) is 3.83. The Balaban J connectivity index is 2.17. The molecule has 2 heteroatoms. The van der Waals surface area contributed by atoms with E-state index in [1.807, 2.05) is 6.07 Å². The van der Waals surface area contributed by atoms with Crippen molar-refractivity contribution < 1.29 is 4.74 Å². The highest BCUT2D eigenvalue weighted by molar-refractivity contribution is 9.10. The Bertz CT molecular complexity index is 590. The van der Waals surface area contributed by atoms with Crippen molar-refractivity contribution in [3.8, 4) is 5.75 Å². The second-order valence-corrected chi connectivity index (χ2v) is 5.93. The summed E-state index contributed by atoms with van der Waals surface area (Å²) >= 11 is 3.55. The van der Waals surface area contributed by atoms with Gasteiger partial charge >= 0.3 is 0 Å². The topological polar surface area (TPSA) is 9.23 Å². The Hall–Kier alpha value is -1.28. The molecule has 0 saturated carbocycles. The van der Waals surface area contributed by atoms with Crippen LogP contribution in [0.25, 0.3) is 0 Å². The highest BCUT2D eigenvalue weighted by Crippen LogP contribution is 2.24. The maximum atomic E-state index is 5.39. The van der Waals surface area contributed by atoms with Crippen LogP contribution in [0.4, 0.5) is 0 Å². The van der Waals surface area contributed by atoms with E-state index in [4.69, 9.17) is 4.74 Å². The summed E-state index contributed by atoms with van der Waals surface area (Å²) in [5.41, 5.74) is 5.50. The van der Waals surface area contributed by atoms with Gasteiger partial charge in [-0.25, -0.2) is 0 Å². The lowest BCUT2D eigenvalue weighted by Gasteiger charge is -2.12. The zero-order valence-electron chi connectivity index (χ0n) is 12.4. The molecule has 0 spiro atoms. The van der Waals surface area contributed by atoms with Crippen molar-refractivity contribution in [3.05, 3.63) is 63.1 Å². The van der Waals surface area contributed by atoms with E-state index in [0.717, 1.165) is 29.5 Å².